The van der Waals surface area contributed by atoms with Crippen LogP contribution in [0.4, 0.5) is 5.82 Å². The van der Waals surface area contributed by atoms with Gasteiger partial charge in [0.15, 0.2) is 9.84 Å². The summed E-state index contributed by atoms with van der Waals surface area (Å²) >= 11 is 1.57. The van der Waals surface area contributed by atoms with Crippen molar-refractivity contribution in [2.45, 2.75) is 38.1 Å². The Balaban J connectivity index is 0.00000126. The predicted molar refractivity (Wildman–Crippen MR) is 113 cm³/mol. The Morgan fingerprint density at radius 3 is 2.67 bits per heavy atom. The first-order chi connectivity index (χ1) is 12.9. The van der Waals surface area contributed by atoms with Crippen LogP contribution in [0, 0.1) is 11.8 Å². The van der Waals surface area contributed by atoms with E-state index in [1.165, 1.54) is 6.26 Å². The predicted octanol–water partition coefficient (Wildman–Crippen LogP) is 4.36. The molecule has 1 unspecified atom stereocenters. The zero-order valence-electron chi connectivity index (χ0n) is 15.9. The van der Waals surface area contributed by atoms with Crippen LogP contribution in [0.2, 0.25) is 0 Å². The molecule has 0 aliphatic rings. The van der Waals surface area contributed by atoms with Crippen molar-refractivity contribution in [2.75, 3.05) is 11.6 Å². The Labute approximate surface area is 164 Å². The molecule has 0 aliphatic carbocycles. The minimum absolute atomic E-state index is 0.0656. The number of nitrogens with one attached hydrogen (secondary N) is 1. The van der Waals surface area contributed by atoms with E-state index in [1.807, 2.05) is 32.2 Å². The minimum Gasteiger partial charge on any atom is -0.366 e. The maximum atomic E-state index is 11.8. The van der Waals surface area contributed by atoms with Gasteiger partial charge in [0.05, 0.1) is 10.3 Å². The van der Waals surface area contributed by atoms with Gasteiger partial charge in [-0.05, 0) is 30.5 Å². The lowest BCUT2D eigenvalue weighted by atomic mass is 10.2. The number of fused-ring (bicyclic) bond motifs is 1. The molecule has 27 heavy (non-hydrogen) atoms. The molecule has 0 radical (unpaired) electrons. The van der Waals surface area contributed by atoms with Gasteiger partial charge in [-0.25, -0.2) is 18.4 Å². The summed E-state index contributed by atoms with van der Waals surface area (Å²) in [6.07, 6.45) is 3.30. The first-order valence-corrected chi connectivity index (χ1v) is 11.4. The van der Waals surface area contributed by atoms with Crippen molar-refractivity contribution in [1.29, 1.82) is 0 Å². The molecule has 3 rings (SSSR count). The maximum absolute atomic E-state index is 11.8. The Hall–Kier alpha value is -2.43. The number of sulfone groups is 1. The number of aromatic nitrogens is 2. The zero-order chi connectivity index (χ0) is 19.9. The quantitative estimate of drug-likeness (QED) is 0.658. The number of benzene rings is 1. The fourth-order valence-electron chi connectivity index (χ4n) is 2.38. The summed E-state index contributed by atoms with van der Waals surface area (Å²) < 4.78 is 23.6. The van der Waals surface area contributed by atoms with Crippen LogP contribution in [0.25, 0.3) is 10.2 Å². The number of rotatable bonds is 4. The van der Waals surface area contributed by atoms with Crippen molar-refractivity contribution in [3.63, 3.8) is 0 Å². The number of anilines is 1. The second kappa shape index (κ2) is 9.49. The van der Waals surface area contributed by atoms with Crippen molar-refractivity contribution in [3.8, 4) is 11.8 Å². The van der Waals surface area contributed by atoms with Crippen molar-refractivity contribution >= 4 is 37.2 Å². The van der Waals surface area contributed by atoms with E-state index in [2.05, 4.69) is 27.1 Å². The van der Waals surface area contributed by atoms with E-state index in [0.29, 0.717) is 12.0 Å². The molecule has 0 spiro atoms. The van der Waals surface area contributed by atoms with Gasteiger partial charge in [0.1, 0.15) is 17.0 Å². The molecular formula is C20H23N3O2S2. The lowest BCUT2D eigenvalue weighted by Crippen LogP contribution is -2.15. The molecule has 1 N–H and O–H groups in total. The van der Waals surface area contributed by atoms with E-state index in [-0.39, 0.29) is 10.9 Å². The Morgan fingerprint density at radius 1 is 1.19 bits per heavy atom. The van der Waals surface area contributed by atoms with Gasteiger partial charge < -0.3 is 5.32 Å². The Morgan fingerprint density at radius 2 is 1.93 bits per heavy atom. The molecule has 0 fully saturated rings. The molecular weight excluding hydrogens is 378 g/mol. The van der Waals surface area contributed by atoms with Crippen LogP contribution in [0.5, 0.6) is 0 Å². The second-order valence-electron chi connectivity index (χ2n) is 5.68. The van der Waals surface area contributed by atoms with Crippen molar-refractivity contribution in [2.24, 2.45) is 0 Å². The molecule has 0 aliphatic heterocycles. The average Bonchev–Trinajstić information content (AvgIpc) is 3.13. The van der Waals surface area contributed by atoms with Crippen LogP contribution in [0.15, 0.2) is 46.9 Å². The molecule has 0 saturated heterocycles. The van der Waals surface area contributed by atoms with Crippen molar-refractivity contribution in [3.05, 3.63) is 47.6 Å². The van der Waals surface area contributed by atoms with Gasteiger partial charge in [0.2, 0.25) is 0 Å². The van der Waals surface area contributed by atoms with Gasteiger partial charge in [-0.2, -0.15) is 0 Å². The lowest BCUT2D eigenvalue weighted by Gasteiger charge is -2.11. The third-order valence-corrected chi connectivity index (χ3v) is 5.54. The summed E-state index contributed by atoms with van der Waals surface area (Å²) in [6.45, 7) is 6.01. The molecule has 0 amide bonds. The average molecular weight is 402 g/mol. The SMILES string of the molecule is CC.CC(CC#Cc1ccccc1S(C)(=O)=O)Nc1ncnc2sccc12. The topological polar surface area (TPSA) is 72.0 Å². The monoisotopic (exact) mass is 401 g/mol. The van der Waals surface area contributed by atoms with Gasteiger partial charge in [-0.3, -0.25) is 0 Å². The summed E-state index contributed by atoms with van der Waals surface area (Å²) in [7, 11) is -3.28. The summed E-state index contributed by atoms with van der Waals surface area (Å²) in [5.74, 6) is 6.82. The van der Waals surface area contributed by atoms with Crippen LogP contribution in [-0.4, -0.2) is 30.7 Å². The van der Waals surface area contributed by atoms with Gasteiger partial charge in [-0.1, -0.05) is 37.8 Å². The van der Waals surface area contributed by atoms with Crippen molar-refractivity contribution < 1.29 is 8.42 Å². The maximum Gasteiger partial charge on any atom is 0.176 e. The van der Waals surface area contributed by atoms with Gasteiger partial charge in [0, 0.05) is 24.3 Å². The molecule has 1 aromatic carbocycles. The second-order valence-corrected chi connectivity index (χ2v) is 8.56. The molecule has 142 valence electrons. The number of nitrogens with zero attached hydrogens (tertiary/aromatic N) is 2. The summed E-state index contributed by atoms with van der Waals surface area (Å²) in [6, 6.07) is 8.84. The fourth-order valence-corrected chi connectivity index (χ4v) is 3.96. The first-order valence-electron chi connectivity index (χ1n) is 8.68. The van der Waals surface area contributed by atoms with E-state index >= 15 is 0 Å². The van der Waals surface area contributed by atoms with Gasteiger partial charge in [-0.15, -0.1) is 11.3 Å². The van der Waals surface area contributed by atoms with E-state index in [9.17, 15) is 8.42 Å². The van der Waals surface area contributed by atoms with Crippen LogP contribution < -0.4 is 5.32 Å². The van der Waals surface area contributed by atoms with E-state index in [4.69, 9.17) is 0 Å². The number of hydrogen-bond donors (Lipinski definition) is 1. The standard InChI is InChI=1S/C18H17N3O2S2.C2H6/c1-13(21-17-15-10-11-24-18(15)20-12-19-17)6-5-8-14-7-3-4-9-16(14)25(2,22)23;1-2/h3-4,7,9-13H,6H2,1-2H3,(H,19,20,21);1-2H3. The van der Waals surface area contributed by atoms with Gasteiger partial charge in [0.25, 0.3) is 0 Å². The highest BCUT2D eigenvalue weighted by atomic mass is 32.2. The first kappa shape index (κ1) is 20.9. The molecule has 5 nitrogen and oxygen atoms in total. The molecule has 7 heteroatoms. The normalized spacial score (nSPS) is 11.7. The Kier molecular flexibility index (Phi) is 7.34. The lowest BCUT2D eigenvalue weighted by molar-refractivity contribution is 0.601. The zero-order valence-corrected chi connectivity index (χ0v) is 17.5. The van der Waals surface area contributed by atoms with E-state index < -0.39 is 9.84 Å². The summed E-state index contributed by atoms with van der Waals surface area (Å²) in [5.41, 5.74) is 0.527. The highest BCUT2D eigenvalue weighted by molar-refractivity contribution is 7.90. The highest BCUT2D eigenvalue weighted by Crippen LogP contribution is 2.24. The van der Waals surface area contributed by atoms with E-state index in [1.54, 1.807) is 41.9 Å². The molecule has 1 atom stereocenters. The van der Waals surface area contributed by atoms with Crippen LogP contribution in [-0.2, 0) is 9.84 Å². The van der Waals surface area contributed by atoms with Crippen LogP contribution >= 0.6 is 11.3 Å². The molecule has 3 aromatic rings. The molecule has 2 heterocycles. The highest BCUT2D eigenvalue weighted by Gasteiger charge is 2.11. The molecule has 0 bridgehead atoms. The van der Waals surface area contributed by atoms with E-state index in [0.717, 1.165) is 16.0 Å². The smallest absolute Gasteiger partial charge is 0.176 e. The molecule has 0 saturated carbocycles. The largest absolute Gasteiger partial charge is 0.366 e. The Bertz CT molecular complexity index is 1060. The third kappa shape index (κ3) is 5.52. The third-order valence-electron chi connectivity index (χ3n) is 3.56. The summed E-state index contributed by atoms with van der Waals surface area (Å²) in [5, 5.41) is 6.32. The minimum atomic E-state index is -3.28. The van der Waals surface area contributed by atoms with Crippen LogP contribution in [0.3, 0.4) is 0 Å². The molecule has 2 aromatic heterocycles. The van der Waals surface area contributed by atoms with Gasteiger partial charge >= 0.3 is 0 Å². The number of hydrogen-bond acceptors (Lipinski definition) is 6. The van der Waals surface area contributed by atoms with Crippen molar-refractivity contribution in [1.82, 2.24) is 9.97 Å². The van der Waals surface area contributed by atoms with Crippen LogP contribution in [0.1, 0.15) is 32.8 Å². The summed E-state index contributed by atoms with van der Waals surface area (Å²) in [4.78, 5) is 9.72. The number of thiophene rings is 1. The fraction of sp³-hybridized carbons (Fsp3) is 0.300.